The standard InChI is InChI=1S/C20H27F2N5O2/c1-3-14-11-18(29-26-14)12-24-20(23-2)25-15-5-4-10-27(13-15)16-6-8-17(9-7-16)28-19(21)22/h6-9,11,15,19H,3-5,10,12-13H2,1-2H3,(H2,23,24,25). The molecule has 9 heteroatoms. The lowest BCUT2D eigenvalue weighted by molar-refractivity contribution is -0.0498. The van der Waals surface area contributed by atoms with Crippen molar-refractivity contribution in [1.29, 1.82) is 0 Å². The lowest BCUT2D eigenvalue weighted by atomic mass is 10.0. The Kier molecular flexibility index (Phi) is 7.26. The summed E-state index contributed by atoms with van der Waals surface area (Å²) in [6.45, 7) is 1.43. The zero-order valence-electron chi connectivity index (χ0n) is 16.7. The van der Waals surface area contributed by atoms with Gasteiger partial charge in [-0.05, 0) is 43.5 Å². The number of alkyl halides is 2. The van der Waals surface area contributed by atoms with E-state index in [9.17, 15) is 8.78 Å². The van der Waals surface area contributed by atoms with E-state index < -0.39 is 6.61 Å². The molecule has 1 atom stereocenters. The quantitative estimate of drug-likeness (QED) is 0.543. The highest BCUT2D eigenvalue weighted by molar-refractivity contribution is 5.80. The van der Waals surface area contributed by atoms with Crippen LogP contribution in [0.1, 0.15) is 31.2 Å². The van der Waals surface area contributed by atoms with Crippen molar-refractivity contribution in [3.05, 3.63) is 41.8 Å². The predicted octanol–water partition coefficient (Wildman–Crippen LogP) is 3.17. The Bertz CT molecular complexity index is 794. The van der Waals surface area contributed by atoms with Crippen LogP contribution in [0, 0.1) is 0 Å². The Morgan fingerprint density at radius 2 is 2.17 bits per heavy atom. The van der Waals surface area contributed by atoms with Crippen LogP contribution in [0.25, 0.3) is 0 Å². The lowest BCUT2D eigenvalue weighted by Gasteiger charge is -2.35. The Labute approximate surface area is 169 Å². The van der Waals surface area contributed by atoms with E-state index in [-0.39, 0.29) is 11.8 Å². The average Bonchev–Trinajstić information content (AvgIpc) is 3.19. The van der Waals surface area contributed by atoms with Crippen molar-refractivity contribution in [3.63, 3.8) is 0 Å². The SMILES string of the molecule is CCc1cc(CNC(=NC)NC2CCCN(c3ccc(OC(F)F)cc3)C2)on1. The number of piperidine rings is 1. The summed E-state index contributed by atoms with van der Waals surface area (Å²) in [6, 6.07) is 8.91. The van der Waals surface area contributed by atoms with Crippen LogP contribution in [0.2, 0.25) is 0 Å². The third kappa shape index (κ3) is 6.07. The summed E-state index contributed by atoms with van der Waals surface area (Å²) >= 11 is 0. The van der Waals surface area contributed by atoms with Crippen LogP contribution < -0.4 is 20.3 Å². The van der Waals surface area contributed by atoms with Crippen LogP contribution in [-0.2, 0) is 13.0 Å². The molecule has 1 saturated heterocycles. The molecule has 0 radical (unpaired) electrons. The van der Waals surface area contributed by atoms with E-state index in [0.717, 1.165) is 49.5 Å². The number of benzene rings is 1. The summed E-state index contributed by atoms with van der Waals surface area (Å²) < 4.78 is 34.3. The highest BCUT2D eigenvalue weighted by Crippen LogP contribution is 2.23. The first-order valence-corrected chi connectivity index (χ1v) is 9.79. The number of aliphatic imine (C=N–C) groups is 1. The van der Waals surface area contributed by atoms with Crippen LogP contribution in [0.5, 0.6) is 5.75 Å². The van der Waals surface area contributed by atoms with Crippen LogP contribution >= 0.6 is 0 Å². The number of ether oxygens (including phenoxy) is 1. The van der Waals surface area contributed by atoms with Gasteiger partial charge in [0.2, 0.25) is 0 Å². The van der Waals surface area contributed by atoms with Gasteiger partial charge in [-0.2, -0.15) is 8.78 Å². The number of nitrogens with one attached hydrogen (secondary N) is 2. The van der Waals surface area contributed by atoms with Crippen molar-refractivity contribution in [3.8, 4) is 5.75 Å². The average molecular weight is 407 g/mol. The fraction of sp³-hybridized carbons (Fsp3) is 0.500. The van der Waals surface area contributed by atoms with Gasteiger partial charge in [0.1, 0.15) is 5.75 Å². The molecule has 0 saturated carbocycles. The van der Waals surface area contributed by atoms with E-state index in [1.165, 1.54) is 0 Å². The first-order chi connectivity index (χ1) is 14.1. The predicted molar refractivity (Wildman–Crippen MR) is 108 cm³/mol. The van der Waals surface area contributed by atoms with E-state index in [0.29, 0.717) is 12.5 Å². The molecule has 1 aliphatic rings. The Balaban J connectivity index is 1.52. The summed E-state index contributed by atoms with van der Waals surface area (Å²) in [4.78, 5) is 6.51. The normalized spacial score (nSPS) is 17.5. The molecule has 29 heavy (non-hydrogen) atoms. The first-order valence-electron chi connectivity index (χ1n) is 9.79. The fourth-order valence-electron chi connectivity index (χ4n) is 3.33. The van der Waals surface area contributed by atoms with Crippen molar-refractivity contribution in [2.45, 2.75) is 45.4 Å². The smallest absolute Gasteiger partial charge is 0.387 e. The molecule has 1 aromatic heterocycles. The van der Waals surface area contributed by atoms with Gasteiger partial charge in [0.15, 0.2) is 11.7 Å². The second kappa shape index (κ2) is 10.1. The number of aryl methyl sites for hydroxylation is 1. The van der Waals surface area contributed by atoms with Crippen LogP contribution in [0.15, 0.2) is 39.8 Å². The van der Waals surface area contributed by atoms with Gasteiger partial charge in [-0.25, -0.2) is 0 Å². The van der Waals surface area contributed by atoms with Gasteiger partial charge in [0.25, 0.3) is 0 Å². The number of nitrogens with zero attached hydrogens (tertiary/aromatic N) is 3. The third-order valence-electron chi connectivity index (χ3n) is 4.81. The van der Waals surface area contributed by atoms with E-state index in [2.05, 4.69) is 30.4 Å². The molecule has 0 spiro atoms. The molecule has 1 aliphatic heterocycles. The minimum atomic E-state index is -2.81. The van der Waals surface area contributed by atoms with E-state index in [1.807, 2.05) is 25.1 Å². The van der Waals surface area contributed by atoms with Crippen LogP contribution in [-0.4, -0.2) is 43.9 Å². The van der Waals surface area contributed by atoms with Gasteiger partial charge in [0, 0.05) is 37.9 Å². The second-order valence-electron chi connectivity index (χ2n) is 6.87. The zero-order valence-corrected chi connectivity index (χ0v) is 16.7. The van der Waals surface area contributed by atoms with Crippen LogP contribution in [0.3, 0.4) is 0 Å². The molecule has 7 nitrogen and oxygen atoms in total. The number of anilines is 1. The van der Waals surface area contributed by atoms with Gasteiger partial charge in [0.05, 0.1) is 12.2 Å². The highest BCUT2D eigenvalue weighted by Gasteiger charge is 2.21. The van der Waals surface area contributed by atoms with Crippen molar-refractivity contribution < 1.29 is 18.0 Å². The maximum absolute atomic E-state index is 12.3. The second-order valence-corrected chi connectivity index (χ2v) is 6.87. The van der Waals surface area contributed by atoms with Crippen molar-refractivity contribution in [1.82, 2.24) is 15.8 Å². The molecule has 158 valence electrons. The number of rotatable bonds is 7. The molecule has 1 aromatic carbocycles. The topological polar surface area (TPSA) is 74.9 Å². The molecule has 3 rings (SSSR count). The molecule has 2 heterocycles. The van der Waals surface area contributed by atoms with Gasteiger partial charge in [-0.3, -0.25) is 4.99 Å². The maximum Gasteiger partial charge on any atom is 0.387 e. The monoisotopic (exact) mass is 407 g/mol. The van der Waals surface area contributed by atoms with Gasteiger partial charge < -0.3 is 24.8 Å². The Morgan fingerprint density at radius 3 is 2.83 bits per heavy atom. The number of aromatic nitrogens is 1. The minimum Gasteiger partial charge on any atom is -0.435 e. The molecular weight excluding hydrogens is 380 g/mol. The van der Waals surface area contributed by atoms with Gasteiger partial charge >= 0.3 is 6.61 Å². The van der Waals surface area contributed by atoms with E-state index >= 15 is 0 Å². The first kappa shape index (κ1) is 20.9. The van der Waals surface area contributed by atoms with Crippen LogP contribution in [0.4, 0.5) is 14.5 Å². The summed E-state index contributed by atoms with van der Waals surface area (Å²) in [5, 5.41) is 10.7. The minimum absolute atomic E-state index is 0.165. The van der Waals surface area contributed by atoms with E-state index in [4.69, 9.17) is 4.52 Å². The molecule has 0 bridgehead atoms. The molecule has 1 unspecified atom stereocenters. The van der Waals surface area contributed by atoms with Crippen molar-refractivity contribution in [2.75, 3.05) is 25.0 Å². The summed E-state index contributed by atoms with van der Waals surface area (Å²) in [7, 11) is 1.73. The largest absolute Gasteiger partial charge is 0.435 e. The number of hydrogen-bond acceptors (Lipinski definition) is 5. The molecular formula is C20H27F2N5O2. The van der Waals surface area contributed by atoms with E-state index in [1.54, 1.807) is 19.2 Å². The Morgan fingerprint density at radius 1 is 1.38 bits per heavy atom. The van der Waals surface area contributed by atoms with Crippen molar-refractivity contribution >= 4 is 11.6 Å². The fourth-order valence-corrected chi connectivity index (χ4v) is 3.33. The molecule has 2 aromatic rings. The summed E-state index contributed by atoms with van der Waals surface area (Å²) in [5.74, 6) is 1.63. The molecule has 2 N–H and O–H groups in total. The molecule has 0 aliphatic carbocycles. The van der Waals surface area contributed by atoms with Gasteiger partial charge in [-0.1, -0.05) is 12.1 Å². The lowest BCUT2D eigenvalue weighted by Crippen LogP contribution is -2.51. The Hall–Kier alpha value is -2.84. The number of halogens is 2. The third-order valence-corrected chi connectivity index (χ3v) is 4.81. The number of hydrogen-bond donors (Lipinski definition) is 2. The highest BCUT2D eigenvalue weighted by atomic mass is 19.3. The summed E-state index contributed by atoms with van der Waals surface area (Å²) in [6.07, 6.45) is 2.88. The van der Waals surface area contributed by atoms with Crippen molar-refractivity contribution in [2.24, 2.45) is 4.99 Å². The maximum atomic E-state index is 12.3. The summed E-state index contributed by atoms with van der Waals surface area (Å²) in [5.41, 5.74) is 1.91. The molecule has 1 fully saturated rings. The molecule has 0 amide bonds. The number of guanidine groups is 1. The zero-order chi connectivity index (χ0) is 20.6. The van der Waals surface area contributed by atoms with Gasteiger partial charge in [-0.15, -0.1) is 0 Å².